The Morgan fingerprint density at radius 1 is 1.47 bits per heavy atom. The van der Waals surface area contributed by atoms with Crippen LogP contribution in [-0.4, -0.2) is 21.7 Å². The van der Waals surface area contributed by atoms with Crippen LogP contribution in [0, 0.1) is 0 Å². The first kappa shape index (κ1) is 12.0. The van der Waals surface area contributed by atoms with Gasteiger partial charge < -0.3 is 9.84 Å². The van der Waals surface area contributed by atoms with Gasteiger partial charge in [-0.15, -0.1) is 0 Å². The highest BCUT2D eigenvalue weighted by molar-refractivity contribution is 9.10. The lowest BCUT2D eigenvalue weighted by Gasteiger charge is -2.21. The standard InChI is InChI=1S/C10H12BrNO3/c1-10(2,3)15-6-4-7(9(13)14)12-8(11)5-6/h4-5H,1-3H3,(H,13,14). The summed E-state index contributed by atoms with van der Waals surface area (Å²) in [5.74, 6) is -0.586. The molecule has 1 rings (SSSR count). The molecule has 0 fully saturated rings. The van der Waals surface area contributed by atoms with Crippen LogP contribution in [0.2, 0.25) is 0 Å². The molecule has 0 unspecified atom stereocenters. The topological polar surface area (TPSA) is 59.4 Å². The molecule has 0 aromatic carbocycles. The predicted octanol–water partition coefficient (Wildman–Crippen LogP) is 2.72. The average Bonchev–Trinajstić information content (AvgIpc) is 1.99. The van der Waals surface area contributed by atoms with Crippen LogP contribution in [0.5, 0.6) is 5.75 Å². The number of carbonyl (C=O) groups is 1. The number of carboxylic acids is 1. The van der Waals surface area contributed by atoms with Crippen LogP contribution in [0.15, 0.2) is 16.7 Å². The zero-order valence-corrected chi connectivity index (χ0v) is 10.3. The van der Waals surface area contributed by atoms with E-state index < -0.39 is 5.97 Å². The molecular weight excluding hydrogens is 262 g/mol. The first-order valence-electron chi connectivity index (χ1n) is 4.38. The maximum atomic E-state index is 10.7. The number of pyridine rings is 1. The third-order valence-electron chi connectivity index (χ3n) is 1.41. The molecule has 0 saturated heterocycles. The van der Waals surface area contributed by atoms with E-state index in [1.807, 2.05) is 20.8 Å². The van der Waals surface area contributed by atoms with E-state index in [1.54, 1.807) is 6.07 Å². The normalized spacial score (nSPS) is 11.2. The first-order valence-corrected chi connectivity index (χ1v) is 5.17. The fourth-order valence-electron chi connectivity index (χ4n) is 0.995. The van der Waals surface area contributed by atoms with Crippen LogP contribution in [0.1, 0.15) is 31.3 Å². The lowest BCUT2D eigenvalue weighted by molar-refractivity contribution is 0.0687. The van der Waals surface area contributed by atoms with E-state index in [9.17, 15) is 4.79 Å². The monoisotopic (exact) mass is 273 g/mol. The summed E-state index contributed by atoms with van der Waals surface area (Å²) >= 11 is 3.13. The molecule has 0 spiro atoms. The van der Waals surface area contributed by atoms with Gasteiger partial charge in [-0.3, -0.25) is 0 Å². The number of hydrogen-bond donors (Lipinski definition) is 1. The second-order valence-electron chi connectivity index (χ2n) is 4.03. The molecule has 0 amide bonds. The summed E-state index contributed by atoms with van der Waals surface area (Å²) in [6, 6.07) is 3.04. The quantitative estimate of drug-likeness (QED) is 0.842. The minimum absolute atomic E-state index is 0.0383. The summed E-state index contributed by atoms with van der Waals surface area (Å²) in [5.41, 5.74) is -0.403. The first-order chi connectivity index (χ1) is 6.78. The van der Waals surface area contributed by atoms with E-state index in [0.29, 0.717) is 10.4 Å². The molecule has 0 radical (unpaired) electrons. The number of ether oxygens (including phenoxy) is 1. The zero-order chi connectivity index (χ0) is 11.6. The molecule has 1 heterocycles. The Kier molecular flexibility index (Phi) is 3.34. The third kappa shape index (κ3) is 3.87. The minimum Gasteiger partial charge on any atom is -0.488 e. The number of nitrogens with zero attached hydrogens (tertiary/aromatic N) is 1. The van der Waals surface area contributed by atoms with Crippen molar-refractivity contribution in [1.82, 2.24) is 4.98 Å². The van der Waals surface area contributed by atoms with Crippen molar-refractivity contribution in [2.45, 2.75) is 26.4 Å². The van der Waals surface area contributed by atoms with Gasteiger partial charge in [0.2, 0.25) is 0 Å². The van der Waals surface area contributed by atoms with Crippen molar-refractivity contribution in [3.05, 3.63) is 22.4 Å². The molecule has 82 valence electrons. The van der Waals surface area contributed by atoms with Crippen LogP contribution in [-0.2, 0) is 0 Å². The van der Waals surface area contributed by atoms with E-state index in [1.165, 1.54) is 6.07 Å². The molecule has 0 saturated carbocycles. The van der Waals surface area contributed by atoms with E-state index >= 15 is 0 Å². The van der Waals surface area contributed by atoms with Crippen molar-refractivity contribution in [2.24, 2.45) is 0 Å². The van der Waals surface area contributed by atoms with Crippen LogP contribution >= 0.6 is 15.9 Å². The Morgan fingerprint density at radius 3 is 2.53 bits per heavy atom. The van der Waals surface area contributed by atoms with Crippen LogP contribution in [0.3, 0.4) is 0 Å². The van der Waals surface area contributed by atoms with Crippen molar-refractivity contribution in [3.63, 3.8) is 0 Å². The molecule has 5 heteroatoms. The molecule has 1 N–H and O–H groups in total. The highest BCUT2D eigenvalue weighted by Gasteiger charge is 2.15. The van der Waals surface area contributed by atoms with E-state index in [-0.39, 0.29) is 11.3 Å². The van der Waals surface area contributed by atoms with Crippen molar-refractivity contribution in [3.8, 4) is 5.75 Å². The molecule has 15 heavy (non-hydrogen) atoms. The summed E-state index contributed by atoms with van der Waals surface area (Å²) in [7, 11) is 0. The fourth-order valence-corrected chi connectivity index (χ4v) is 1.41. The van der Waals surface area contributed by atoms with Crippen molar-refractivity contribution in [1.29, 1.82) is 0 Å². The Balaban J connectivity index is 3.04. The Bertz CT molecular complexity index is 385. The van der Waals surface area contributed by atoms with Gasteiger partial charge in [0.25, 0.3) is 0 Å². The molecule has 4 nitrogen and oxygen atoms in total. The maximum Gasteiger partial charge on any atom is 0.354 e. The highest BCUT2D eigenvalue weighted by Crippen LogP contribution is 2.22. The number of aromatic carboxylic acids is 1. The summed E-state index contributed by atoms with van der Waals surface area (Å²) in [5, 5.41) is 8.79. The van der Waals surface area contributed by atoms with Gasteiger partial charge in [-0.05, 0) is 36.7 Å². The summed E-state index contributed by atoms with van der Waals surface area (Å²) in [6.45, 7) is 5.67. The fraction of sp³-hybridized carbons (Fsp3) is 0.400. The molecular formula is C10H12BrNO3. The van der Waals surface area contributed by atoms with Gasteiger partial charge in [0.15, 0.2) is 5.69 Å². The van der Waals surface area contributed by atoms with Gasteiger partial charge in [0, 0.05) is 12.1 Å². The lowest BCUT2D eigenvalue weighted by Crippen LogP contribution is -2.23. The molecule has 0 aliphatic heterocycles. The SMILES string of the molecule is CC(C)(C)Oc1cc(Br)nc(C(=O)O)c1. The molecule has 1 aromatic heterocycles. The number of halogens is 1. The van der Waals surface area contributed by atoms with Gasteiger partial charge in [0.05, 0.1) is 0 Å². The highest BCUT2D eigenvalue weighted by atomic mass is 79.9. The summed E-state index contributed by atoms with van der Waals surface area (Å²) < 4.78 is 5.99. The minimum atomic E-state index is -1.07. The molecule has 0 bridgehead atoms. The third-order valence-corrected chi connectivity index (χ3v) is 1.82. The van der Waals surface area contributed by atoms with Crippen LogP contribution in [0.25, 0.3) is 0 Å². The number of hydrogen-bond acceptors (Lipinski definition) is 3. The summed E-state index contributed by atoms with van der Waals surface area (Å²) in [6.07, 6.45) is 0. The van der Waals surface area contributed by atoms with Gasteiger partial charge in [0.1, 0.15) is 16.0 Å². The van der Waals surface area contributed by atoms with Crippen molar-refractivity contribution >= 4 is 21.9 Å². The second-order valence-corrected chi connectivity index (χ2v) is 4.84. The Labute approximate surface area is 96.4 Å². The average molecular weight is 274 g/mol. The maximum absolute atomic E-state index is 10.7. The molecule has 1 aromatic rings. The Morgan fingerprint density at radius 2 is 2.07 bits per heavy atom. The lowest BCUT2D eigenvalue weighted by atomic mass is 10.2. The van der Waals surface area contributed by atoms with Gasteiger partial charge in [-0.1, -0.05) is 0 Å². The smallest absolute Gasteiger partial charge is 0.354 e. The zero-order valence-electron chi connectivity index (χ0n) is 8.74. The van der Waals surface area contributed by atoms with Gasteiger partial charge in [-0.25, -0.2) is 9.78 Å². The number of rotatable bonds is 2. The van der Waals surface area contributed by atoms with E-state index in [2.05, 4.69) is 20.9 Å². The van der Waals surface area contributed by atoms with E-state index in [0.717, 1.165) is 0 Å². The molecule has 0 aliphatic rings. The second kappa shape index (κ2) is 4.18. The molecule has 0 atom stereocenters. The van der Waals surface area contributed by atoms with Gasteiger partial charge in [-0.2, -0.15) is 0 Å². The van der Waals surface area contributed by atoms with E-state index in [4.69, 9.17) is 9.84 Å². The largest absolute Gasteiger partial charge is 0.488 e. The molecule has 0 aliphatic carbocycles. The summed E-state index contributed by atoms with van der Waals surface area (Å²) in [4.78, 5) is 14.5. The van der Waals surface area contributed by atoms with Gasteiger partial charge >= 0.3 is 5.97 Å². The predicted molar refractivity (Wildman–Crippen MR) is 59.3 cm³/mol. The van der Waals surface area contributed by atoms with Crippen LogP contribution in [0.4, 0.5) is 0 Å². The van der Waals surface area contributed by atoms with Crippen molar-refractivity contribution < 1.29 is 14.6 Å². The number of carboxylic acid groups (broad SMARTS) is 1. The number of aromatic nitrogens is 1. The Hall–Kier alpha value is -1.10. The van der Waals surface area contributed by atoms with Crippen LogP contribution < -0.4 is 4.74 Å². The van der Waals surface area contributed by atoms with Crippen molar-refractivity contribution in [2.75, 3.05) is 0 Å².